The number of fused-ring (bicyclic) bond motifs is 1. The quantitative estimate of drug-likeness (QED) is 0.731. The molecule has 0 N–H and O–H groups in total. The minimum Gasteiger partial charge on any atom is -0.238 e. The first kappa shape index (κ1) is 14.9. The molecule has 0 radical (unpaired) electrons. The van der Waals surface area contributed by atoms with Crippen LogP contribution >= 0.6 is 0 Å². The summed E-state index contributed by atoms with van der Waals surface area (Å²) in [7, 11) is -3.59. The Morgan fingerprint density at radius 2 is 1.59 bits per heavy atom. The van der Waals surface area contributed by atoms with Crippen molar-refractivity contribution in [3.8, 4) is 0 Å². The maximum atomic E-state index is 13.1. The average Bonchev–Trinajstić information content (AvgIpc) is 2.79. The van der Waals surface area contributed by atoms with Gasteiger partial charge in [0.25, 0.3) is 10.0 Å². The predicted molar refractivity (Wildman–Crippen MR) is 89.8 cm³/mol. The van der Waals surface area contributed by atoms with E-state index in [1.54, 1.807) is 12.1 Å². The zero-order chi connectivity index (χ0) is 15.9. The molecule has 22 heavy (non-hydrogen) atoms. The molecule has 3 nitrogen and oxygen atoms in total. The zero-order valence-corrected chi connectivity index (χ0v) is 13.8. The summed E-state index contributed by atoms with van der Waals surface area (Å²) < 4.78 is 27.6. The maximum absolute atomic E-state index is 13.1. The van der Waals surface area contributed by atoms with Crippen LogP contribution in [-0.4, -0.2) is 12.4 Å². The molecule has 3 rings (SSSR count). The molecule has 0 aliphatic carbocycles. The summed E-state index contributed by atoms with van der Waals surface area (Å²) in [6, 6.07) is 14.7. The van der Waals surface area contributed by atoms with Gasteiger partial charge in [0, 0.05) is 11.1 Å². The third-order valence-electron chi connectivity index (χ3n) is 4.10. The number of nitrogens with zero attached hydrogens (tertiary/aromatic N) is 1. The van der Waals surface area contributed by atoms with Crippen molar-refractivity contribution in [2.45, 2.75) is 32.1 Å². The molecule has 0 atom stereocenters. The van der Waals surface area contributed by atoms with E-state index < -0.39 is 10.0 Å². The molecule has 0 spiro atoms. The predicted octanol–water partition coefficient (Wildman–Crippen LogP) is 4.06. The lowest BCUT2D eigenvalue weighted by molar-refractivity contribution is 0.588. The highest BCUT2D eigenvalue weighted by Gasteiger charge is 2.23. The van der Waals surface area contributed by atoms with Crippen molar-refractivity contribution >= 4 is 20.9 Å². The molecular weight excluding hydrogens is 294 g/mol. The van der Waals surface area contributed by atoms with E-state index in [4.69, 9.17) is 0 Å². The lowest BCUT2D eigenvalue weighted by atomic mass is 10.1. The molecule has 0 unspecified atom stereocenters. The van der Waals surface area contributed by atoms with E-state index in [9.17, 15) is 8.42 Å². The van der Waals surface area contributed by atoms with Crippen LogP contribution in [0.1, 0.15) is 23.7 Å². The second-order valence-electron chi connectivity index (χ2n) is 5.52. The fraction of sp³-hybridized carbons (Fsp3) is 0.222. The number of aryl methyl sites for hydroxylation is 2. The van der Waals surface area contributed by atoms with Gasteiger partial charge in [-0.1, -0.05) is 42.8 Å². The SMILES string of the molecule is CCc1c(C)n(S(=O)(=O)c2ccc(C)cc2)c2ccccc12. The Labute approximate surface area is 131 Å². The van der Waals surface area contributed by atoms with Crippen LogP contribution in [0.3, 0.4) is 0 Å². The molecule has 4 heteroatoms. The van der Waals surface area contributed by atoms with Crippen LogP contribution in [0, 0.1) is 13.8 Å². The van der Waals surface area contributed by atoms with E-state index in [0.29, 0.717) is 4.90 Å². The Balaban J connectivity index is 2.34. The van der Waals surface area contributed by atoms with Crippen molar-refractivity contribution in [1.82, 2.24) is 3.97 Å². The second kappa shape index (κ2) is 5.29. The lowest BCUT2D eigenvalue weighted by Gasteiger charge is -2.10. The number of aromatic nitrogens is 1. The molecule has 0 aliphatic heterocycles. The molecule has 0 fully saturated rings. The van der Waals surface area contributed by atoms with Gasteiger partial charge >= 0.3 is 0 Å². The number of hydrogen-bond donors (Lipinski definition) is 0. The highest BCUT2D eigenvalue weighted by Crippen LogP contribution is 2.30. The standard InChI is InChI=1S/C18H19NO2S/c1-4-16-14(3)19(18-8-6-5-7-17(16)18)22(20,21)15-11-9-13(2)10-12-15/h5-12H,4H2,1-3H3. The fourth-order valence-corrected chi connectivity index (χ4v) is 4.56. The summed E-state index contributed by atoms with van der Waals surface area (Å²) >= 11 is 0. The Morgan fingerprint density at radius 3 is 2.23 bits per heavy atom. The van der Waals surface area contributed by atoms with Crippen molar-refractivity contribution in [2.75, 3.05) is 0 Å². The Bertz CT molecular complexity index is 935. The van der Waals surface area contributed by atoms with E-state index >= 15 is 0 Å². The largest absolute Gasteiger partial charge is 0.268 e. The van der Waals surface area contributed by atoms with Crippen molar-refractivity contribution in [2.24, 2.45) is 0 Å². The maximum Gasteiger partial charge on any atom is 0.268 e. The Hall–Kier alpha value is -2.07. The third-order valence-corrected chi connectivity index (χ3v) is 5.92. The summed E-state index contributed by atoms with van der Waals surface area (Å²) in [4.78, 5) is 0.324. The molecule has 0 amide bonds. The lowest BCUT2D eigenvalue weighted by Crippen LogP contribution is -2.14. The van der Waals surface area contributed by atoms with Gasteiger partial charge < -0.3 is 0 Å². The summed E-state index contributed by atoms with van der Waals surface area (Å²) in [5.41, 5.74) is 3.68. The molecule has 0 bridgehead atoms. The van der Waals surface area contributed by atoms with Gasteiger partial charge in [-0.25, -0.2) is 12.4 Å². The van der Waals surface area contributed by atoms with Gasteiger partial charge in [-0.2, -0.15) is 0 Å². The first-order valence-electron chi connectivity index (χ1n) is 7.38. The van der Waals surface area contributed by atoms with Gasteiger partial charge in [0.2, 0.25) is 0 Å². The summed E-state index contributed by atoms with van der Waals surface area (Å²) in [6.07, 6.45) is 0.808. The topological polar surface area (TPSA) is 39.1 Å². The van der Waals surface area contributed by atoms with Crippen molar-refractivity contribution in [3.63, 3.8) is 0 Å². The third kappa shape index (κ3) is 2.15. The molecule has 0 aliphatic rings. The van der Waals surface area contributed by atoms with Crippen LogP contribution in [0.15, 0.2) is 53.4 Å². The first-order chi connectivity index (χ1) is 10.5. The minimum atomic E-state index is -3.59. The van der Waals surface area contributed by atoms with Crippen LogP contribution in [0.2, 0.25) is 0 Å². The molecule has 1 aromatic heterocycles. The van der Waals surface area contributed by atoms with Crippen molar-refractivity contribution < 1.29 is 8.42 Å². The fourth-order valence-electron chi connectivity index (χ4n) is 2.98. The monoisotopic (exact) mass is 313 g/mol. The molecule has 2 aromatic carbocycles. The summed E-state index contributed by atoms with van der Waals surface area (Å²) in [5.74, 6) is 0. The highest BCUT2D eigenvalue weighted by molar-refractivity contribution is 7.90. The molecule has 1 heterocycles. The van der Waals surface area contributed by atoms with E-state index in [2.05, 4.69) is 6.92 Å². The van der Waals surface area contributed by atoms with E-state index in [1.165, 1.54) is 3.97 Å². The number of benzene rings is 2. The summed E-state index contributed by atoms with van der Waals surface area (Å²) in [6.45, 7) is 5.88. The van der Waals surface area contributed by atoms with Gasteiger partial charge in [0.05, 0.1) is 10.4 Å². The number of rotatable bonds is 3. The van der Waals surface area contributed by atoms with Crippen molar-refractivity contribution in [1.29, 1.82) is 0 Å². The van der Waals surface area contributed by atoms with Crippen LogP contribution in [0.25, 0.3) is 10.9 Å². The minimum absolute atomic E-state index is 0.324. The zero-order valence-electron chi connectivity index (χ0n) is 13.0. The van der Waals surface area contributed by atoms with E-state index in [1.807, 2.05) is 50.2 Å². The first-order valence-corrected chi connectivity index (χ1v) is 8.82. The molecular formula is C18H19NO2S. The van der Waals surface area contributed by atoms with Gasteiger partial charge in [0.15, 0.2) is 0 Å². The van der Waals surface area contributed by atoms with Crippen LogP contribution in [0.4, 0.5) is 0 Å². The van der Waals surface area contributed by atoms with Crippen LogP contribution in [-0.2, 0) is 16.4 Å². The van der Waals surface area contributed by atoms with Crippen molar-refractivity contribution in [3.05, 3.63) is 65.4 Å². The number of hydrogen-bond acceptors (Lipinski definition) is 2. The smallest absolute Gasteiger partial charge is 0.238 e. The van der Waals surface area contributed by atoms with Gasteiger partial charge in [-0.3, -0.25) is 0 Å². The summed E-state index contributed by atoms with van der Waals surface area (Å²) in [5, 5.41) is 1.01. The molecule has 0 saturated carbocycles. The normalized spacial score (nSPS) is 12.0. The average molecular weight is 313 g/mol. The van der Waals surface area contributed by atoms with Gasteiger partial charge in [-0.15, -0.1) is 0 Å². The van der Waals surface area contributed by atoms with E-state index in [0.717, 1.165) is 34.1 Å². The Kier molecular flexibility index (Phi) is 3.57. The number of para-hydroxylation sites is 1. The Morgan fingerprint density at radius 1 is 0.955 bits per heavy atom. The van der Waals surface area contributed by atoms with Crippen LogP contribution in [0.5, 0.6) is 0 Å². The highest BCUT2D eigenvalue weighted by atomic mass is 32.2. The van der Waals surface area contributed by atoms with Crippen LogP contribution < -0.4 is 0 Å². The van der Waals surface area contributed by atoms with E-state index in [-0.39, 0.29) is 0 Å². The molecule has 0 saturated heterocycles. The van der Waals surface area contributed by atoms with Gasteiger partial charge in [-0.05, 0) is 44.0 Å². The second-order valence-corrected chi connectivity index (χ2v) is 7.30. The molecule has 3 aromatic rings. The molecule has 114 valence electrons. The van der Waals surface area contributed by atoms with Gasteiger partial charge in [0.1, 0.15) is 0 Å².